The first kappa shape index (κ1) is 22.3. The molecule has 0 spiro atoms. The molecule has 6 nitrogen and oxygen atoms in total. The number of urea groups is 1. The molecule has 1 aliphatic heterocycles. The van der Waals surface area contributed by atoms with Crippen molar-refractivity contribution in [3.05, 3.63) is 106 Å². The first-order valence-electron chi connectivity index (χ1n) is 11.4. The zero-order valence-electron chi connectivity index (χ0n) is 19.8. The van der Waals surface area contributed by atoms with Crippen molar-refractivity contribution in [3.63, 3.8) is 0 Å². The summed E-state index contributed by atoms with van der Waals surface area (Å²) in [6, 6.07) is 20.9. The van der Waals surface area contributed by atoms with Crippen molar-refractivity contribution in [1.29, 1.82) is 0 Å². The fourth-order valence-electron chi connectivity index (χ4n) is 4.66. The van der Waals surface area contributed by atoms with E-state index in [1.807, 2.05) is 56.4 Å². The van der Waals surface area contributed by atoms with Crippen LogP contribution in [0.15, 0.2) is 78.5 Å². The number of nitrogens with one attached hydrogen (secondary N) is 1. The predicted octanol–water partition coefficient (Wildman–Crippen LogP) is 5.28. The van der Waals surface area contributed by atoms with Crippen LogP contribution in [0.25, 0.3) is 17.0 Å². The largest absolute Gasteiger partial charge is 0.342 e. The maximum absolute atomic E-state index is 13.4. The number of carbonyl (C=O) groups excluding carboxylic acids is 3. The van der Waals surface area contributed by atoms with Gasteiger partial charge in [-0.25, -0.2) is 9.69 Å². The van der Waals surface area contributed by atoms with Crippen LogP contribution < -0.4 is 10.2 Å². The molecule has 0 radical (unpaired) electrons. The maximum Gasteiger partial charge on any atom is 0.335 e. The van der Waals surface area contributed by atoms with E-state index in [0.717, 1.165) is 38.1 Å². The number of anilines is 1. The lowest BCUT2D eigenvalue weighted by molar-refractivity contribution is -0.122. The van der Waals surface area contributed by atoms with E-state index in [4.69, 9.17) is 0 Å². The highest BCUT2D eigenvalue weighted by Gasteiger charge is 2.37. The maximum atomic E-state index is 13.4. The minimum Gasteiger partial charge on any atom is -0.342 e. The molecule has 0 atom stereocenters. The molecule has 1 fully saturated rings. The lowest BCUT2D eigenvalue weighted by Gasteiger charge is -2.26. The molecule has 4 aromatic rings. The summed E-state index contributed by atoms with van der Waals surface area (Å²) < 4.78 is 2.11. The second-order valence-corrected chi connectivity index (χ2v) is 9.02. The van der Waals surface area contributed by atoms with E-state index in [2.05, 4.69) is 35.0 Å². The van der Waals surface area contributed by atoms with Gasteiger partial charge in [0.15, 0.2) is 0 Å². The summed E-state index contributed by atoms with van der Waals surface area (Å²) >= 11 is 0. The number of amides is 4. The smallest absolute Gasteiger partial charge is 0.335 e. The van der Waals surface area contributed by atoms with Gasteiger partial charge in [-0.15, -0.1) is 0 Å². The number of fused-ring (bicyclic) bond motifs is 1. The molecule has 3 aromatic carbocycles. The number of nitrogens with zero attached hydrogens (tertiary/aromatic N) is 2. The molecule has 1 saturated heterocycles. The van der Waals surface area contributed by atoms with Gasteiger partial charge in [-0.05, 0) is 61.7 Å². The van der Waals surface area contributed by atoms with Crippen LogP contribution in [0, 0.1) is 20.8 Å². The SMILES string of the molecule is Cc1cccc(Cn2cc(C=C3C(=O)NC(=O)N(c4cc(C)cc(C)c4)C3=O)c3ccccc32)c1. The van der Waals surface area contributed by atoms with Gasteiger partial charge in [-0.1, -0.05) is 54.1 Å². The summed E-state index contributed by atoms with van der Waals surface area (Å²) in [7, 11) is 0. The summed E-state index contributed by atoms with van der Waals surface area (Å²) in [5.74, 6) is -1.34. The second kappa shape index (κ2) is 8.72. The number of hydrogen-bond donors (Lipinski definition) is 1. The van der Waals surface area contributed by atoms with Gasteiger partial charge in [0.1, 0.15) is 5.57 Å². The van der Waals surface area contributed by atoms with Crippen molar-refractivity contribution < 1.29 is 14.4 Å². The van der Waals surface area contributed by atoms with Crippen LogP contribution >= 0.6 is 0 Å². The topological polar surface area (TPSA) is 71.4 Å². The molecule has 4 amide bonds. The standard InChI is InChI=1S/C29H25N3O3/c1-18-7-6-8-21(12-18)16-31-17-22(24-9-4-5-10-26(24)31)15-25-27(33)30-29(35)32(28(25)34)23-13-19(2)11-20(3)14-23/h4-15,17H,16H2,1-3H3,(H,30,33,35). The van der Waals surface area contributed by atoms with E-state index in [9.17, 15) is 14.4 Å². The number of aromatic nitrogens is 1. The van der Waals surface area contributed by atoms with Gasteiger partial charge in [0.25, 0.3) is 11.8 Å². The van der Waals surface area contributed by atoms with Crippen LogP contribution in [-0.2, 0) is 16.1 Å². The Morgan fingerprint density at radius 2 is 1.57 bits per heavy atom. The number of carbonyl (C=O) groups is 3. The van der Waals surface area contributed by atoms with Crippen LogP contribution in [-0.4, -0.2) is 22.4 Å². The Labute approximate surface area is 203 Å². The molecule has 1 aromatic heterocycles. The lowest BCUT2D eigenvalue weighted by Crippen LogP contribution is -2.54. The number of para-hydroxylation sites is 1. The third-order valence-electron chi connectivity index (χ3n) is 6.12. The quantitative estimate of drug-likeness (QED) is 0.331. The predicted molar refractivity (Wildman–Crippen MR) is 137 cm³/mol. The zero-order chi connectivity index (χ0) is 24.7. The fourth-order valence-corrected chi connectivity index (χ4v) is 4.66. The van der Waals surface area contributed by atoms with Crippen LogP contribution in [0.5, 0.6) is 0 Å². The molecule has 2 heterocycles. The number of benzene rings is 3. The van der Waals surface area contributed by atoms with Gasteiger partial charge in [0.05, 0.1) is 5.69 Å². The molecule has 35 heavy (non-hydrogen) atoms. The van der Waals surface area contributed by atoms with Crippen molar-refractivity contribution in [3.8, 4) is 0 Å². The first-order valence-corrected chi connectivity index (χ1v) is 11.4. The van der Waals surface area contributed by atoms with Gasteiger partial charge in [0.2, 0.25) is 0 Å². The highest BCUT2D eigenvalue weighted by atomic mass is 16.2. The second-order valence-electron chi connectivity index (χ2n) is 9.02. The van der Waals surface area contributed by atoms with Crippen LogP contribution in [0.4, 0.5) is 10.5 Å². The Hall–Kier alpha value is -4.45. The van der Waals surface area contributed by atoms with E-state index >= 15 is 0 Å². The average molecular weight is 464 g/mol. The number of imide groups is 2. The van der Waals surface area contributed by atoms with Crippen molar-refractivity contribution in [1.82, 2.24) is 9.88 Å². The van der Waals surface area contributed by atoms with Crippen LogP contribution in [0.2, 0.25) is 0 Å². The van der Waals surface area contributed by atoms with Crippen molar-refractivity contribution in [2.75, 3.05) is 4.90 Å². The summed E-state index contributed by atoms with van der Waals surface area (Å²) in [4.78, 5) is 39.8. The molecule has 0 aliphatic carbocycles. The Kier molecular flexibility index (Phi) is 5.57. The minimum atomic E-state index is -0.746. The van der Waals surface area contributed by atoms with E-state index in [1.165, 1.54) is 5.56 Å². The summed E-state index contributed by atoms with van der Waals surface area (Å²) in [6.07, 6.45) is 3.52. The van der Waals surface area contributed by atoms with Gasteiger partial charge in [-0.3, -0.25) is 14.9 Å². The summed E-state index contributed by atoms with van der Waals surface area (Å²) in [5.41, 5.74) is 6.26. The summed E-state index contributed by atoms with van der Waals surface area (Å²) in [5, 5.41) is 3.24. The van der Waals surface area contributed by atoms with E-state index < -0.39 is 17.8 Å². The first-order chi connectivity index (χ1) is 16.8. The Balaban J connectivity index is 1.58. The van der Waals surface area contributed by atoms with E-state index in [0.29, 0.717) is 12.2 Å². The van der Waals surface area contributed by atoms with Crippen LogP contribution in [0.3, 0.4) is 0 Å². The van der Waals surface area contributed by atoms with Crippen molar-refractivity contribution in [2.45, 2.75) is 27.3 Å². The van der Waals surface area contributed by atoms with Gasteiger partial charge in [-0.2, -0.15) is 0 Å². The van der Waals surface area contributed by atoms with Gasteiger partial charge < -0.3 is 4.57 Å². The molecule has 1 aliphatic rings. The fraction of sp³-hybridized carbons (Fsp3) is 0.138. The minimum absolute atomic E-state index is 0.0813. The van der Waals surface area contributed by atoms with Gasteiger partial charge in [0, 0.05) is 29.2 Å². The summed E-state index contributed by atoms with van der Waals surface area (Å²) in [6.45, 7) is 6.50. The number of barbiturate groups is 1. The third-order valence-corrected chi connectivity index (χ3v) is 6.12. The molecule has 174 valence electrons. The van der Waals surface area contributed by atoms with E-state index in [-0.39, 0.29) is 5.57 Å². The highest BCUT2D eigenvalue weighted by molar-refractivity contribution is 6.39. The Bertz CT molecular complexity index is 1520. The van der Waals surface area contributed by atoms with Crippen molar-refractivity contribution >= 4 is 40.5 Å². The third kappa shape index (κ3) is 4.26. The Morgan fingerprint density at radius 1 is 0.829 bits per heavy atom. The van der Waals surface area contributed by atoms with Crippen molar-refractivity contribution in [2.24, 2.45) is 0 Å². The average Bonchev–Trinajstić information content (AvgIpc) is 3.13. The molecule has 0 bridgehead atoms. The van der Waals surface area contributed by atoms with Crippen LogP contribution in [0.1, 0.15) is 27.8 Å². The molecule has 0 saturated carbocycles. The number of aryl methyl sites for hydroxylation is 3. The normalized spacial score (nSPS) is 15.2. The van der Waals surface area contributed by atoms with Gasteiger partial charge >= 0.3 is 6.03 Å². The monoisotopic (exact) mass is 463 g/mol. The molecular weight excluding hydrogens is 438 g/mol. The number of rotatable bonds is 4. The molecular formula is C29H25N3O3. The highest BCUT2D eigenvalue weighted by Crippen LogP contribution is 2.28. The zero-order valence-corrected chi connectivity index (χ0v) is 19.8. The molecule has 6 heteroatoms. The Morgan fingerprint density at radius 3 is 2.31 bits per heavy atom. The molecule has 5 rings (SSSR count). The number of hydrogen-bond acceptors (Lipinski definition) is 3. The van der Waals surface area contributed by atoms with E-state index in [1.54, 1.807) is 18.2 Å². The molecule has 1 N–H and O–H groups in total. The molecule has 0 unspecified atom stereocenters. The lowest BCUT2D eigenvalue weighted by atomic mass is 10.0.